The lowest BCUT2D eigenvalue weighted by Gasteiger charge is -2.03. The Morgan fingerprint density at radius 2 is 1.77 bits per heavy atom. The number of alkyl halides is 2. The summed E-state index contributed by atoms with van der Waals surface area (Å²) in [6.45, 7) is -0.422. The normalized spacial score (nSPS) is 11.1. The number of nitrogens with zero attached hydrogens (tertiary/aromatic N) is 3. The van der Waals surface area contributed by atoms with E-state index in [0.717, 1.165) is 16.5 Å². The third kappa shape index (κ3) is 6.02. The summed E-state index contributed by atoms with van der Waals surface area (Å²) in [5, 5.41) is 11.3. The summed E-state index contributed by atoms with van der Waals surface area (Å²) in [7, 11) is 0. The molecule has 0 aliphatic carbocycles. The van der Waals surface area contributed by atoms with E-state index >= 15 is 0 Å². The molecule has 0 saturated carbocycles. The summed E-state index contributed by atoms with van der Waals surface area (Å²) in [6.07, 6.45) is 0. The zero-order valence-corrected chi connectivity index (χ0v) is 18.0. The average molecular weight is 462 g/mol. The highest BCUT2D eigenvalue weighted by molar-refractivity contribution is 7.98. The van der Waals surface area contributed by atoms with Gasteiger partial charge in [-0.3, -0.25) is 0 Å². The van der Waals surface area contributed by atoms with Crippen LogP contribution in [0.4, 0.5) is 8.78 Å². The molecule has 0 aliphatic rings. The van der Waals surface area contributed by atoms with Crippen molar-refractivity contribution in [2.75, 3.05) is 0 Å². The van der Waals surface area contributed by atoms with E-state index in [0.29, 0.717) is 29.0 Å². The van der Waals surface area contributed by atoms with Gasteiger partial charge >= 0.3 is 6.61 Å². The van der Waals surface area contributed by atoms with Gasteiger partial charge in [-0.1, -0.05) is 29.5 Å². The van der Waals surface area contributed by atoms with E-state index in [9.17, 15) is 8.78 Å². The van der Waals surface area contributed by atoms with E-state index < -0.39 is 6.61 Å². The van der Waals surface area contributed by atoms with Gasteiger partial charge in [0, 0.05) is 16.7 Å². The van der Waals surface area contributed by atoms with Crippen LogP contribution in [0.3, 0.4) is 0 Å². The van der Waals surface area contributed by atoms with Crippen LogP contribution >= 0.6 is 23.1 Å². The van der Waals surface area contributed by atoms with Gasteiger partial charge in [0.05, 0.1) is 5.69 Å². The van der Waals surface area contributed by atoms with Crippen LogP contribution in [-0.4, -0.2) is 21.8 Å². The molecule has 0 unspecified atom stereocenters. The Kier molecular flexibility index (Phi) is 6.78. The lowest BCUT2D eigenvalue weighted by molar-refractivity contribution is -0.0498. The smallest absolute Gasteiger partial charge is 0.387 e. The first-order valence-corrected chi connectivity index (χ1v) is 11.1. The third-order valence-corrected chi connectivity index (χ3v) is 5.78. The van der Waals surface area contributed by atoms with Gasteiger partial charge in [0.1, 0.15) is 23.1 Å². The summed E-state index contributed by atoms with van der Waals surface area (Å²) < 4.78 is 40.2. The van der Waals surface area contributed by atoms with E-state index in [1.807, 2.05) is 36.6 Å². The number of thiazole rings is 1. The second-order valence-electron chi connectivity index (χ2n) is 6.40. The molecular formula is C21H17F2N3O3S2. The molecule has 160 valence electrons. The minimum absolute atomic E-state index is 0.0681. The second-order valence-corrected chi connectivity index (χ2v) is 8.27. The van der Waals surface area contributed by atoms with Gasteiger partial charge in [-0.15, -0.1) is 21.5 Å². The Balaban J connectivity index is 1.29. The van der Waals surface area contributed by atoms with E-state index in [1.165, 1.54) is 40.8 Å². The van der Waals surface area contributed by atoms with E-state index in [2.05, 4.69) is 19.9 Å². The van der Waals surface area contributed by atoms with Gasteiger partial charge in [-0.2, -0.15) is 8.78 Å². The van der Waals surface area contributed by atoms with Crippen LogP contribution < -0.4 is 9.47 Å². The van der Waals surface area contributed by atoms with Crippen LogP contribution in [0.15, 0.2) is 63.6 Å². The van der Waals surface area contributed by atoms with Crippen molar-refractivity contribution in [2.24, 2.45) is 0 Å². The number of thioether (sulfide) groups is 1. The number of benzene rings is 2. The van der Waals surface area contributed by atoms with E-state index in [1.54, 1.807) is 12.1 Å². The Hall–Kier alpha value is -2.98. The highest BCUT2D eigenvalue weighted by Crippen LogP contribution is 2.28. The van der Waals surface area contributed by atoms with Crippen molar-refractivity contribution in [2.45, 2.75) is 31.1 Å². The molecule has 0 saturated heterocycles. The molecule has 0 aliphatic heterocycles. The number of halogens is 2. The van der Waals surface area contributed by atoms with Crippen molar-refractivity contribution in [3.8, 4) is 23.0 Å². The Bertz CT molecular complexity index is 1120. The Morgan fingerprint density at radius 1 is 1.03 bits per heavy atom. The van der Waals surface area contributed by atoms with E-state index in [4.69, 9.17) is 9.15 Å². The SMILES string of the molecule is Cc1ccc(OCc2nc(CSc3nnc(-c4ccc(OC(F)F)cc4)o3)cs2)cc1. The average Bonchev–Trinajstić information content (AvgIpc) is 3.41. The highest BCUT2D eigenvalue weighted by atomic mass is 32.2. The first kappa shape index (κ1) is 21.3. The lowest BCUT2D eigenvalue weighted by Crippen LogP contribution is -2.01. The molecule has 2 aromatic heterocycles. The molecule has 31 heavy (non-hydrogen) atoms. The Labute approximate surface area is 185 Å². The van der Waals surface area contributed by atoms with Crippen molar-refractivity contribution in [1.82, 2.24) is 15.2 Å². The summed E-state index contributed by atoms with van der Waals surface area (Å²) in [5.74, 6) is 1.75. The molecule has 4 aromatic rings. The Morgan fingerprint density at radius 3 is 2.52 bits per heavy atom. The zero-order chi connectivity index (χ0) is 21.6. The topological polar surface area (TPSA) is 70.3 Å². The number of aryl methyl sites for hydroxylation is 1. The van der Waals surface area contributed by atoms with E-state index in [-0.39, 0.29) is 5.75 Å². The van der Waals surface area contributed by atoms with Crippen LogP contribution in [0, 0.1) is 6.92 Å². The van der Waals surface area contributed by atoms with Crippen molar-refractivity contribution < 1.29 is 22.7 Å². The molecule has 0 spiro atoms. The van der Waals surface area contributed by atoms with Gasteiger partial charge in [-0.25, -0.2) is 4.98 Å². The van der Waals surface area contributed by atoms with Gasteiger partial charge in [0.2, 0.25) is 5.89 Å². The van der Waals surface area contributed by atoms with Crippen molar-refractivity contribution in [3.05, 3.63) is 70.2 Å². The first-order valence-electron chi connectivity index (χ1n) is 9.19. The molecule has 0 amide bonds. The maximum absolute atomic E-state index is 12.2. The standard InChI is InChI=1S/C21H17F2N3O3S2/c1-13-2-6-16(7-3-13)27-10-18-24-15(11-30-18)12-31-21-26-25-19(29-21)14-4-8-17(9-5-14)28-20(22)23/h2-9,11,20H,10,12H2,1H3. The molecule has 0 atom stereocenters. The number of ether oxygens (including phenoxy) is 2. The van der Waals surface area contributed by atoms with Gasteiger partial charge in [-0.05, 0) is 43.3 Å². The monoisotopic (exact) mass is 461 g/mol. The van der Waals surface area contributed by atoms with Gasteiger partial charge in [0.25, 0.3) is 5.22 Å². The van der Waals surface area contributed by atoms with Gasteiger partial charge in [0.15, 0.2) is 0 Å². The maximum atomic E-state index is 12.2. The summed E-state index contributed by atoms with van der Waals surface area (Å²) in [6, 6.07) is 13.9. The molecule has 0 bridgehead atoms. The van der Waals surface area contributed by atoms with Crippen LogP contribution in [0.5, 0.6) is 11.5 Å². The molecule has 0 N–H and O–H groups in total. The minimum atomic E-state index is -2.86. The van der Waals surface area contributed by atoms with Crippen LogP contribution in [-0.2, 0) is 12.4 Å². The third-order valence-electron chi connectivity index (χ3n) is 4.06. The number of hydrogen-bond donors (Lipinski definition) is 0. The van der Waals surface area contributed by atoms with Crippen molar-refractivity contribution >= 4 is 23.1 Å². The summed E-state index contributed by atoms with van der Waals surface area (Å²) >= 11 is 2.90. The van der Waals surface area contributed by atoms with Crippen molar-refractivity contribution in [1.29, 1.82) is 0 Å². The molecule has 4 rings (SSSR count). The number of hydrogen-bond acceptors (Lipinski definition) is 8. The van der Waals surface area contributed by atoms with Gasteiger partial charge < -0.3 is 13.9 Å². The highest BCUT2D eigenvalue weighted by Gasteiger charge is 2.12. The fraction of sp³-hybridized carbons (Fsp3) is 0.190. The summed E-state index contributed by atoms with van der Waals surface area (Å²) in [4.78, 5) is 4.56. The quantitative estimate of drug-likeness (QED) is 0.284. The zero-order valence-electron chi connectivity index (χ0n) is 16.3. The molecule has 10 heteroatoms. The van der Waals surface area contributed by atoms with Crippen molar-refractivity contribution in [3.63, 3.8) is 0 Å². The van der Waals surface area contributed by atoms with Crippen LogP contribution in [0.1, 0.15) is 16.3 Å². The maximum Gasteiger partial charge on any atom is 0.387 e. The summed E-state index contributed by atoms with van der Waals surface area (Å²) in [5.41, 5.74) is 2.69. The van der Waals surface area contributed by atoms with Crippen LogP contribution in [0.2, 0.25) is 0 Å². The minimum Gasteiger partial charge on any atom is -0.486 e. The predicted molar refractivity (Wildman–Crippen MR) is 114 cm³/mol. The second kappa shape index (κ2) is 9.88. The molecule has 6 nitrogen and oxygen atoms in total. The first-order chi connectivity index (χ1) is 15.0. The van der Waals surface area contributed by atoms with Crippen LogP contribution in [0.25, 0.3) is 11.5 Å². The predicted octanol–water partition coefficient (Wildman–Crippen LogP) is 5.97. The largest absolute Gasteiger partial charge is 0.486 e. The molecule has 2 heterocycles. The lowest BCUT2D eigenvalue weighted by atomic mass is 10.2. The molecule has 0 fully saturated rings. The molecule has 2 aromatic carbocycles. The number of aromatic nitrogens is 3. The fourth-order valence-corrected chi connectivity index (χ4v) is 4.03. The fourth-order valence-electron chi connectivity index (χ4n) is 2.56. The number of rotatable bonds is 9. The molecule has 0 radical (unpaired) electrons. The molecular weight excluding hydrogens is 444 g/mol.